The molecule has 1 aromatic carbocycles. The molecule has 0 aliphatic carbocycles. The lowest BCUT2D eigenvalue weighted by molar-refractivity contribution is -0.138. The number of nitrogens with one attached hydrogen (secondary N) is 1. The number of piperazine rings is 1. The van der Waals surface area contributed by atoms with Gasteiger partial charge in [-0.15, -0.1) is 0 Å². The van der Waals surface area contributed by atoms with Gasteiger partial charge in [0, 0.05) is 45.2 Å². The quantitative estimate of drug-likeness (QED) is 0.567. The van der Waals surface area contributed by atoms with E-state index in [1.807, 2.05) is 39.0 Å². The topological polar surface area (TPSA) is 108 Å². The summed E-state index contributed by atoms with van der Waals surface area (Å²) in [5.74, 6) is 1.21. The first-order chi connectivity index (χ1) is 17.4. The van der Waals surface area contributed by atoms with Gasteiger partial charge in [0.1, 0.15) is 11.5 Å². The van der Waals surface area contributed by atoms with Crippen LogP contribution in [0.1, 0.15) is 43.6 Å². The number of ether oxygens (including phenoxy) is 1. The SMILES string of the molecule is CCCCN1C(=O)CC(C(=O)N2CCN(CC(=O)Nc3cc(C)on3)CC2)C1c1ccc(OC)cc1. The fourth-order valence-corrected chi connectivity index (χ4v) is 4.99. The van der Waals surface area contributed by atoms with Gasteiger partial charge in [-0.05, 0) is 31.0 Å². The Morgan fingerprint density at radius 2 is 1.89 bits per heavy atom. The normalized spacial score (nSPS) is 20.6. The van der Waals surface area contributed by atoms with E-state index in [0.29, 0.717) is 44.3 Å². The maximum Gasteiger partial charge on any atom is 0.239 e. The molecule has 3 heterocycles. The second-order valence-corrected chi connectivity index (χ2v) is 9.44. The maximum absolute atomic E-state index is 13.7. The molecule has 2 aliphatic heterocycles. The molecule has 0 spiro atoms. The number of aromatic nitrogens is 1. The van der Waals surface area contributed by atoms with Crippen LogP contribution in [0.4, 0.5) is 5.82 Å². The minimum atomic E-state index is -0.423. The predicted molar refractivity (Wildman–Crippen MR) is 133 cm³/mol. The molecular weight excluding hydrogens is 462 g/mol. The summed E-state index contributed by atoms with van der Waals surface area (Å²) in [6.45, 7) is 6.93. The van der Waals surface area contributed by atoms with Crippen LogP contribution in [-0.2, 0) is 14.4 Å². The molecule has 10 heteroatoms. The largest absolute Gasteiger partial charge is 0.497 e. The first-order valence-electron chi connectivity index (χ1n) is 12.6. The summed E-state index contributed by atoms with van der Waals surface area (Å²) in [5, 5.41) is 6.51. The van der Waals surface area contributed by atoms with Crippen molar-refractivity contribution >= 4 is 23.5 Å². The van der Waals surface area contributed by atoms with E-state index in [0.717, 1.165) is 24.2 Å². The number of likely N-dealkylation sites (tertiary alicyclic amines) is 1. The molecule has 2 atom stereocenters. The highest BCUT2D eigenvalue weighted by atomic mass is 16.5. The third-order valence-electron chi connectivity index (χ3n) is 6.91. The van der Waals surface area contributed by atoms with E-state index < -0.39 is 5.92 Å². The summed E-state index contributed by atoms with van der Waals surface area (Å²) in [6.07, 6.45) is 2.09. The van der Waals surface area contributed by atoms with Crippen molar-refractivity contribution in [3.05, 3.63) is 41.7 Å². The van der Waals surface area contributed by atoms with Gasteiger partial charge in [-0.2, -0.15) is 0 Å². The van der Waals surface area contributed by atoms with Crippen molar-refractivity contribution in [1.29, 1.82) is 0 Å². The monoisotopic (exact) mass is 497 g/mol. The zero-order chi connectivity index (χ0) is 25.7. The summed E-state index contributed by atoms with van der Waals surface area (Å²) < 4.78 is 10.3. The Labute approximate surface area is 211 Å². The van der Waals surface area contributed by atoms with Crippen LogP contribution < -0.4 is 10.1 Å². The van der Waals surface area contributed by atoms with Gasteiger partial charge in [-0.25, -0.2) is 0 Å². The molecule has 2 unspecified atom stereocenters. The molecule has 4 rings (SSSR count). The third-order valence-corrected chi connectivity index (χ3v) is 6.91. The van der Waals surface area contributed by atoms with E-state index in [9.17, 15) is 14.4 Å². The number of anilines is 1. The van der Waals surface area contributed by atoms with E-state index >= 15 is 0 Å². The van der Waals surface area contributed by atoms with E-state index in [1.54, 1.807) is 20.1 Å². The lowest BCUT2D eigenvalue weighted by atomic mass is 9.92. The minimum Gasteiger partial charge on any atom is -0.497 e. The van der Waals surface area contributed by atoms with Crippen molar-refractivity contribution in [3.8, 4) is 5.75 Å². The van der Waals surface area contributed by atoms with Crippen LogP contribution in [0, 0.1) is 12.8 Å². The van der Waals surface area contributed by atoms with Gasteiger partial charge in [0.25, 0.3) is 0 Å². The molecular formula is C26H35N5O5. The number of benzene rings is 1. The average Bonchev–Trinajstić information content (AvgIpc) is 3.44. The van der Waals surface area contributed by atoms with E-state index in [-0.39, 0.29) is 36.7 Å². The standard InChI is InChI=1S/C26H35N5O5/c1-4-5-10-31-24(33)16-21(25(31)19-6-8-20(35-3)9-7-19)26(34)30-13-11-29(12-14-30)17-23(32)27-22-15-18(2)36-28-22/h6-9,15,21,25H,4-5,10-14,16-17H2,1-3H3,(H,27,28,32). The van der Waals surface area contributed by atoms with Crippen LogP contribution in [0.15, 0.2) is 34.9 Å². The smallest absolute Gasteiger partial charge is 0.239 e. The molecule has 1 aromatic heterocycles. The lowest BCUT2D eigenvalue weighted by Gasteiger charge is -2.37. The summed E-state index contributed by atoms with van der Waals surface area (Å²) in [6, 6.07) is 9.05. The van der Waals surface area contributed by atoms with E-state index in [1.165, 1.54) is 0 Å². The Balaban J connectivity index is 1.39. The molecule has 2 aliphatic rings. The Kier molecular flexibility index (Phi) is 8.25. The van der Waals surface area contributed by atoms with Gasteiger partial charge >= 0.3 is 0 Å². The van der Waals surface area contributed by atoms with E-state index in [4.69, 9.17) is 9.26 Å². The number of methoxy groups -OCH3 is 1. The molecule has 194 valence electrons. The number of unbranched alkanes of at least 4 members (excludes halogenated alkanes) is 1. The van der Waals surface area contributed by atoms with Crippen molar-refractivity contribution in [2.45, 2.75) is 39.2 Å². The molecule has 2 fully saturated rings. The van der Waals surface area contributed by atoms with Crippen molar-refractivity contribution < 1.29 is 23.6 Å². The highest BCUT2D eigenvalue weighted by molar-refractivity contribution is 5.92. The number of carbonyl (C=O) groups is 3. The minimum absolute atomic E-state index is 0.00494. The molecule has 36 heavy (non-hydrogen) atoms. The lowest BCUT2D eigenvalue weighted by Crippen LogP contribution is -2.52. The highest BCUT2D eigenvalue weighted by Crippen LogP contribution is 2.40. The van der Waals surface area contributed by atoms with Crippen molar-refractivity contribution in [1.82, 2.24) is 19.9 Å². The molecule has 3 amide bonds. The Morgan fingerprint density at radius 3 is 2.50 bits per heavy atom. The summed E-state index contributed by atoms with van der Waals surface area (Å²) in [4.78, 5) is 44.7. The first kappa shape index (κ1) is 25.7. The zero-order valence-corrected chi connectivity index (χ0v) is 21.2. The number of hydrogen-bond donors (Lipinski definition) is 1. The molecule has 0 radical (unpaired) electrons. The second-order valence-electron chi connectivity index (χ2n) is 9.44. The third kappa shape index (κ3) is 5.87. The molecule has 0 saturated carbocycles. The summed E-state index contributed by atoms with van der Waals surface area (Å²) in [5.41, 5.74) is 0.953. The zero-order valence-electron chi connectivity index (χ0n) is 21.2. The van der Waals surface area contributed by atoms with Crippen molar-refractivity contribution in [2.75, 3.05) is 51.7 Å². The van der Waals surface area contributed by atoms with Gasteiger partial charge in [0.2, 0.25) is 17.7 Å². The molecule has 2 aromatic rings. The van der Waals surface area contributed by atoms with Crippen LogP contribution >= 0.6 is 0 Å². The number of rotatable bonds is 9. The number of aryl methyl sites for hydroxylation is 1. The first-order valence-corrected chi connectivity index (χ1v) is 12.6. The van der Waals surface area contributed by atoms with Crippen LogP contribution in [0.5, 0.6) is 5.75 Å². The number of hydrogen-bond acceptors (Lipinski definition) is 7. The second kappa shape index (κ2) is 11.6. The van der Waals surface area contributed by atoms with Gasteiger partial charge in [0.15, 0.2) is 5.82 Å². The summed E-state index contributed by atoms with van der Waals surface area (Å²) in [7, 11) is 1.62. The number of nitrogens with zero attached hydrogens (tertiary/aromatic N) is 4. The summed E-state index contributed by atoms with van der Waals surface area (Å²) >= 11 is 0. The van der Waals surface area contributed by atoms with Crippen LogP contribution in [0.25, 0.3) is 0 Å². The van der Waals surface area contributed by atoms with Crippen LogP contribution in [0.2, 0.25) is 0 Å². The number of amides is 3. The van der Waals surface area contributed by atoms with Gasteiger partial charge in [-0.1, -0.05) is 30.6 Å². The molecule has 2 saturated heterocycles. The average molecular weight is 498 g/mol. The molecule has 1 N–H and O–H groups in total. The van der Waals surface area contributed by atoms with Crippen LogP contribution in [0.3, 0.4) is 0 Å². The molecule has 0 bridgehead atoms. The maximum atomic E-state index is 13.7. The van der Waals surface area contributed by atoms with Gasteiger partial charge in [-0.3, -0.25) is 19.3 Å². The Morgan fingerprint density at radius 1 is 1.17 bits per heavy atom. The Hall–Kier alpha value is -3.40. The van der Waals surface area contributed by atoms with Crippen molar-refractivity contribution in [3.63, 3.8) is 0 Å². The van der Waals surface area contributed by atoms with E-state index in [2.05, 4.69) is 17.4 Å². The highest BCUT2D eigenvalue weighted by Gasteiger charge is 2.45. The Bertz CT molecular complexity index is 1060. The van der Waals surface area contributed by atoms with Gasteiger partial charge in [0.05, 0.1) is 25.6 Å². The van der Waals surface area contributed by atoms with Crippen LogP contribution in [-0.4, -0.2) is 84.0 Å². The number of carbonyl (C=O) groups excluding carboxylic acids is 3. The molecule has 10 nitrogen and oxygen atoms in total. The fraction of sp³-hybridized carbons (Fsp3) is 0.538. The van der Waals surface area contributed by atoms with Gasteiger partial charge < -0.3 is 24.4 Å². The fourth-order valence-electron chi connectivity index (χ4n) is 4.99. The van der Waals surface area contributed by atoms with Crippen molar-refractivity contribution in [2.24, 2.45) is 5.92 Å². The predicted octanol–water partition coefficient (Wildman–Crippen LogP) is 2.46.